The van der Waals surface area contributed by atoms with Crippen molar-refractivity contribution in [3.63, 3.8) is 0 Å². The highest BCUT2D eigenvalue weighted by molar-refractivity contribution is 5.78. The zero-order valence-corrected chi connectivity index (χ0v) is 10.6. The fourth-order valence-corrected chi connectivity index (χ4v) is 1.90. The molecule has 88 valence electrons. The molecule has 17 heavy (non-hydrogen) atoms. The van der Waals surface area contributed by atoms with Gasteiger partial charge in [0.05, 0.1) is 17.3 Å². The van der Waals surface area contributed by atoms with E-state index in [-0.39, 0.29) is 6.04 Å². The minimum Gasteiger partial charge on any atom is -0.309 e. The normalized spacial score (nSPS) is 12.4. The summed E-state index contributed by atoms with van der Waals surface area (Å²) in [4.78, 5) is 4.69. The summed E-state index contributed by atoms with van der Waals surface area (Å²) in [7, 11) is 1.96. The molecule has 2 nitrogen and oxygen atoms in total. The number of hydrogen-bond donors (Lipinski definition) is 1. The molecule has 0 bridgehead atoms. The molecule has 0 aliphatic rings. The first-order valence-electron chi connectivity index (χ1n) is 5.88. The number of nitrogens with one attached hydrogen (secondary N) is 1. The lowest BCUT2D eigenvalue weighted by molar-refractivity contribution is 0.691. The van der Waals surface area contributed by atoms with E-state index in [2.05, 4.69) is 43.4 Å². The van der Waals surface area contributed by atoms with Gasteiger partial charge < -0.3 is 5.32 Å². The van der Waals surface area contributed by atoms with Crippen molar-refractivity contribution in [1.82, 2.24) is 10.3 Å². The van der Waals surface area contributed by atoms with E-state index in [1.807, 2.05) is 25.2 Å². The van der Waals surface area contributed by atoms with Gasteiger partial charge in [0, 0.05) is 5.39 Å². The summed E-state index contributed by atoms with van der Waals surface area (Å²) in [5.41, 5.74) is 3.40. The summed E-state index contributed by atoms with van der Waals surface area (Å²) >= 11 is 0. The fraction of sp³-hybridized carbons (Fsp3) is 0.267. The average molecular weight is 226 g/mol. The Hall–Kier alpha value is -1.67. The first-order valence-corrected chi connectivity index (χ1v) is 5.88. The van der Waals surface area contributed by atoms with E-state index >= 15 is 0 Å². The van der Waals surface area contributed by atoms with Gasteiger partial charge in [-0.1, -0.05) is 35.9 Å². The highest BCUT2D eigenvalue weighted by Crippen LogP contribution is 2.18. The third-order valence-electron chi connectivity index (χ3n) is 2.75. The fourth-order valence-electron chi connectivity index (χ4n) is 1.90. The summed E-state index contributed by atoms with van der Waals surface area (Å²) in [6.45, 7) is 4.21. The largest absolute Gasteiger partial charge is 0.309 e. The van der Waals surface area contributed by atoms with Crippen LogP contribution in [0.3, 0.4) is 0 Å². The monoisotopic (exact) mass is 226 g/mol. The lowest BCUT2D eigenvalue weighted by atomic mass is 10.1. The highest BCUT2D eigenvalue weighted by Gasteiger charge is 2.07. The summed E-state index contributed by atoms with van der Waals surface area (Å²) in [6.07, 6.45) is 2.19. The Morgan fingerprint density at radius 1 is 1.18 bits per heavy atom. The smallest absolute Gasteiger partial charge is 0.0706 e. The van der Waals surface area contributed by atoms with Gasteiger partial charge in [-0.2, -0.15) is 0 Å². The van der Waals surface area contributed by atoms with Crippen LogP contribution in [0, 0.1) is 0 Å². The molecule has 0 aliphatic carbocycles. The first kappa shape index (κ1) is 11.8. The Morgan fingerprint density at radius 3 is 2.65 bits per heavy atom. The van der Waals surface area contributed by atoms with Crippen LogP contribution >= 0.6 is 0 Å². The molecule has 2 heteroatoms. The molecule has 0 aliphatic heterocycles. The zero-order chi connectivity index (χ0) is 12.3. The third-order valence-corrected chi connectivity index (χ3v) is 2.75. The van der Waals surface area contributed by atoms with Crippen LogP contribution in [0.2, 0.25) is 0 Å². The van der Waals surface area contributed by atoms with Crippen LogP contribution in [0.15, 0.2) is 48.0 Å². The molecule has 0 saturated carbocycles. The van der Waals surface area contributed by atoms with Crippen molar-refractivity contribution >= 4 is 10.9 Å². The Morgan fingerprint density at radius 2 is 1.94 bits per heavy atom. The van der Waals surface area contributed by atoms with Crippen LogP contribution in [-0.2, 0) is 0 Å². The molecule has 1 heterocycles. The van der Waals surface area contributed by atoms with Crippen molar-refractivity contribution in [2.45, 2.75) is 19.9 Å². The molecule has 1 unspecified atom stereocenters. The predicted octanol–water partition coefficient (Wildman–Crippen LogP) is 3.46. The van der Waals surface area contributed by atoms with Crippen molar-refractivity contribution in [2.75, 3.05) is 7.05 Å². The van der Waals surface area contributed by atoms with Gasteiger partial charge in [0.1, 0.15) is 0 Å². The second kappa shape index (κ2) is 5.11. The van der Waals surface area contributed by atoms with Gasteiger partial charge in [-0.05, 0) is 33.0 Å². The molecular weight excluding hydrogens is 208 g/mol. The minimum absolute atomic E-state index is 0.185. The van der Waals surface area contributed by atoms with Crippen LogP contribution in [0.5, 0.6) is 0 Å². The van der Waals surface area contributed by atoms with E-state index in [0.717, 1.165) is 11.2 Å². The molecule has 0 spiro atoms. The molecule has 0 fully saturated rings. The summed E-state index contributed by atoms with van der Waals surface area (Å²) in [6, 6.07) is 12.6. The number of aromatic nitrogens is 1. The van der Waals surface area contributed by atoms with Crippen molar-refractivity contribution in [3.8, 4) is 0 Å². The second-order valence-corrected chi connectivity index (χ2v) is 4.44. The SMILES string of the molecule is CNC(C=C(C)C)c1ccc2ccccc2n1. The van der Waals surface area contributed by atoms with Gasteiger partial charge in [0.15, 0.2) is 0 Å². The summed E-state index contributed by atoms with van der Waals surface area (Å²) in [5, 5.41) is 4.46. The Balaban J connectivity index is 2.44. The van der Waals surface area contributed by atoms with Gasteiger partial charge >= 0.3 is 0 Å². The number of rotatable bonds is 3. The van der Waals surface area contributed by atoms with Crippen molar-refractivity contribution in [3.05, 3.63) is 53.7 Å². The molecule has 2 aromatic rings. The van der Waals surface area contributed by atoms with Crippen LogP contribution in [-0.4, -0.2) is 12.0 Å². The Kier molecular flexibility index (Phi) is 3.55. The number of para-hydroxylation sites is 1. The van der Waals surface area contributed by atoms with E-state index in [9.17, 15) is 0 Å². The lowest BCUT2D eigenvalue weighted by Gasteiger charge is -2.12. The summed E-state index contributed by atoms with van der Waals surface area (Å²) in [5.74, 6) is 0. The summed E-state index contributed by atoms with van der Waals surface area (Å²) < 4.78 is 0. The number of allylic oxidation sites excluding steroid dienone is 1. The van der Waals surface area contributed by atoms with Gasteiger partial charge in [0.25, 0.3) is 0 Å². The van der Waals surface area contributed by atoms with E-state index in [4.69, 9.17) is 4.98 Å². The van der Waals surface area contributed by atoms with E-state index in [0.29, 0.717) is 0 Å². The van der Waals surface area contributed by atoms with E-state index < -0.39 is 0 Å². The molecule has 1 aromatic heterocycles. The average Bonchev–Trinajstić information content (AvgIpc) is 2.35. The lowest BCUT2D eigenvalue weighted by Crippen LogP contribution is -2.15. The predicted molar refractivity (Wildman–Crippen MR) is 73.0 cm³/mol. The van der Waals surface area contributed by atoms with Gasteiger partial charge in [0.2, 0.25) is 0 Å². The maximum absolute atomic E-state index is 4.69. The van der Waals surface area contributed by atoms with Gasteiger partial charge in [-0.25, -0.2) is 0 Å². The van der Waals surface area contributed by atoms with E-state index in [1.165, 1.54) is 11.0 Å². The van der Waals surface area contributed by atoms with Gasteiger partial charge in [-0.15, -0.1) is 0 Å². The number of fused-ring (bicyclic) bond motifs is 1. The van der Waals surface area contributed by atoms with Crippen molar-refractivity contribution in [2.24, 2.45) is 0 Å². The van der Waals surface area contributed by atoms with Gasteiger partial charge in [-0.3, -0.25) is 4.98 Å². The Bertz CT molecular complexity index is 539. The van der Waals surface area contributed by atoms with Crippen LogP contribution in [0.25, 0.3) is 10.9 Å². The maximum Gasteiger partial charge on any atom is 0.0706 e. The van der Waals surface area contributed by atoms with Crippen LogP contribution in [0.1, 0.15) is 25.6 Å². The van der Waals surface area contributed by atoms with Crippen LogP contribution in [0.4, 0.5) is 0 Å². The molecule has 1 atom stereocenters. The number of pyridine rings is 1. The first-order chi connectivity index (χ1) is 8.20. The molecule has 1 N–H and O–H groups in total. The van der Waals surface area contributed by atoms with Crippen molar-refractivity contribution < 1.29 is 0 Å². The zero-order valence-electron chi connectivity index (χ0n) is 10.6. The third kappa shape index (κ3) is 2.71. The Labute approximate surface area is 102 Å². The number of benzene rings is 1. The molecule has 0 amide bonds. The molecule has 0 radical (unpaired) electrons. The standard InChI is InChI=1S/C15H18N2/c1-11(2)10-15(16-3)14-9-8-12-6-4-5-7-13(12)17-14/h4-10,15-16H,1-3H3. The highest BCUT2D eigenvalue weighted by atomic mass is 14.9. The second-order valence-electron chi connectivity index (χ2n) is 4.44. The van der Waals surface area contributed by atoms with Crippen molar-refractivity contribution in [1.29, 1.82) is 0 Å². The molecule has 0 saturated heterocycles. The quantitative estimate of drug-likeness (QED) is 0.811. The van der Waals surface area contributed by atoms with E-state index in [1.54, 1.807) is 0 Å². The molecule has 1 aromatic carbocycles. The molecule has 2 rings (SSSR count). The number of hydrogen-bond acceptors (Lipinski definition) is 2. The molecular formula is C15H18N2. The number of nitrogens with zero attached hydrogens (tertiary/aromatic N) is 1. The van der Waals surface area contributed by atoms with Crippen LogP contribution < -0.4 is 5.32 Å². The topological polar surface area (TPSA) is 24.9 Å². The number of likely N-dealkylation sites (N-methyl/N-ethyl adjacent to an activating group) is 1. The minimum atomic E-state index is 0.185. The maximum atomic E-state index is 4.69.